The predicted octanol–water partition coefficient (Wildman–Crippen LogP) is 3.77. The number of rotatable bonds is 10. The van der Waals surface area contributed by atoms with Gasteiger partial charge in [0, 0.05) is 25.1 Å². The van der Waals surface area contributed by atoms with Gasteiger partial charge in [0.2, 0.25) is 6.79 Å². The average molecular weight is 589 g/mol. The van der Waals surface area contributed by atoms with Crippen LogP contribution in [0.4, 0.5) is 4.39 Å². The summed E-state index contributed by atoms with van der Waals surface area (Å²) in [4.78, 5) is 54.4. The third-order valence-electron chi connectivity index (χ3n) is 6.79. The number of nitrogens with zero attached hydrogens (tertiary/aromatic N) is 1. The number of amides is 1. The molecular weight excluding hydrogens is 551 g/mol. The van der Waals surface area contributed by atoms with Crippen LogP contribution in [0.15, 0.2) is 36.5 Å². The van der Waals surface area contributed by atoms with Crippen molar-refractivity contribution in [2.75, 3.05) is 13.9 Å². The van der Waals surface area contributed by atoms with Gasteiger partial charge in [-0.05, 0) is 43.9 Å². The van der Waals surface area contributed by atoms with Crippen LogP contribution in [0.2, 0.25) is 0 Å². The maximum atomic E-state index is 13.5. The van der Waals surface area contributed by atoms with E-state index >= 15 is 0 Å². The van der Waals surface area contributed by atoms with Gasteiger partial charge in [0.1, 0.15) is 24.1 Å². The number of ether oxygens (including phenoxy) is 5. The van der Waals surface area contributed by atoms with Crippen LogP contribution in [0.5, 0.6) is 11.5 Å². The lowest BCUT2D eigenvalue weighted by atomic mass is 9.86. The van der Waals surface area contributed by atoms with Crippen molar-refractivity contribution in [3.8, 4) is 11.5 Å². The van der Waals surface area contributed by atoms with Crippen molar-refractivity contribution in [2.24, 2.45) is 11.8 Å². The molecule has 0 unspecified atom stereocenters. The molecule has 0 bridgehead atoms. The van der Waals surface area contributed by atoms with E-state index in [9.17, 15) is 23.6 Å². The van der Waals surface area contributed by atoms with Crippen LogP contribution >= 0.6 is 0 Å². The lowest BCUT2D eigenvalue weighted by molar-refractivity contribution is -0.173. The van der Waals surface area contributed by atoms with Crippen LogP contribution in [0.1, 0.15) is 63.0 Å². The number of benzene rings is 1. The lowest BCUT2D eigenvalue weighted by Gasteiger charge is -2.31. The molecule has 1 aromatic heterocycles. The van der Waals surface area contributed by atoms with Gasteiger partial charge in [-0.25, -0.2) is 14.2 Å². The minimum atomic E-state index is -1.04. The number of carbonyl (C=O) groups is 4. The first-order valence-corrected chi connectivity index (χ1v) is 13.8. The molecule has 2 heterocycles. The van der Waals surface area contributed by atoms with Gasteiger partial charge in [-0.3, -0.25) is 14.4 Å². The highest BCUT2D eigenvalue weighted by Gasteiger charge is 2.37. The van der Waals surface area contributed by atoms with Gasteiger partial charge in [0.15, 0.2) is 17.2 Å². The SMILES string of the molecule is COc1ccnc(C(=O)N[C@H]2CCC[C@H](Cc3ccc(F)cc3)[C@@H](OC(=O)C(C)C)[C@H](C)OC2=O)c1OCOC(C)=O. The summed E-state index contributed by atoms with van der Waals surface area (Å²) in [6.45, 7) is 5.80. The largest absolute Gasteiger partial charge is 0.493 e. The standard InChI is InChI=1S/C30H37FN2O9/c1-17(2)29(36)42-26-18(3)41-30(37)23(8-6-7-21(26)15-20-9-11-22(31)12-10-20)33-28(35)25-27(40-16-39-19(4)34)24(38-5)13-14-32-25/h9-14,17-18,21,23,26H,6-8,15-16H2,1-5H3,(H,33,35)/t18-,21+,23-,26-/m0/s1. The lowest BCUT2D eigenvalue weighted by Crippen LogP contribution is -2.45. The second-order valence-electron chi connectivity index (χ2n) is 10.3. The molecule has 1 aliphatic rings. The zero-order chi connectivity index (χ0) is 30.8. The Bertz CT molecular complexity index is 1250. The minimum absolute atomic E-state index is 0.0661. The van der Waals surface area contributed by atoms with Crippen molar-refractivity contribution in [3.63, 3.8) is 0 Å². The van der Waals surface area contributed by atoms with Gasteiger partial charge in [0.25, 0.3) is 5.91 Å². The second-order valence-corrected chi connectivity index (χ2v) is 10.3. The van der Waals surface area contributed by atoms with Gasteiger partial charge in [0.05, 0.1) is 13.0 Å². The number of aromatic nitrogens is 1. The molecule has 0 saturated carbocycles. The molecule has 2 aromatic rings. The zero-order valence-electron chi connectivity index (χ0n) is 24.4. The highest BCUT2D eigenvalue weighted by molar-refractivity contribution is 5.98. The Hall–Kier alpha value is -4.22. The first kappa shape index (κ1) is 32.3. The Morgan fingerprint density at radius 2 is 1.86 bits per heavy atom. The third kappa shape index (κ3) is 8.89. The van der Waals surface area contributed by atoms with E-state index in [0.29, 0.717) is 19.3 Å². The van der Waals surface area contributed by atoms with E-state index in [1.807, 2.05) is 0 Å². The fraction of sp³-hybridized carbons (Fsp3) is 0.500. The number of carbonyl (C=O) groups excluding carboxylic acids is 4. The molecule has 42 heavy (non-hydrogen) atoms. The van der Waals surface area contributed by atoms with Crippen LogP contribution in [-0.2, 0) is 35.0 Å². The monoisotopic (exact) mass is 588 g/mol. The van der Waals surface area contributed by atoms with Gasteiger partial charge in [-0.1, -0.05) is 32.4 Å². The molecule has 1 aliphatic heterocycles. The van der Waals surface area contributed by atoms with Crippen LogP contribution in [0.25, 0.3) is 0 Å². The predicted molar refractivity (Wildman–Crippen MR) is 147 cm³/mol. The fourth-order valence-electron chi connectivity index (χ4n) is 4.61. The quantitative estimate of drug-likeness (QED) is 0.248. The number of methoxy groups -OCH3 is 1. The summed E-state index contributed by atoms with van der Waals surface area (Å²) < 4.78 is 40.6. The van der Waals surface area contributed by atoms with Gasteiger partial charge >= 0.3 is 17.9 Å². The molecule has 1 aromatic carbocycles. The van der Waals surface area contributed by atoms with Crippen molar-refractivity contribution in [3.05, 3.63) is 53.6 Å². The van der Waals surface area contributed by atoms with Gasteiger partial charge in [-0.2, -0.15) is 0 Å². The van der Waals surface area contributed by atoms with Crippen LogP contribution in [-0.4, -0.2) is 61.0 Å². The maximum absolute atomic E-state index is 13.5. The summed E-state index contributed by atoms with van der Waals surface area (Å²) in [7, 11) is 1.37. The average Bonchev–Trinajstić information content (AvgIpc) is 2.99. The topological polar surface area (TPSA) is 139 Å². The molecule has 1 N–H and O–H groups in total. The van der Waals surface area contributed by atoms with E-state index in [4.69, 9.17) is 23.7 Å². The first-order valence-electron chi connectivity index (χ1n) is 13.8. The normalized spacial score (nSPS) is 20.8. The smallest absolute Gasteiger partial charge is 0.329 e. The number of cyclic esters (lactones) is 1. The van der Waals surface area contributed by atoms with Gasteiger partial charge in [-0.15, -0.1) is 0 Å². The van der Waals surface area contributed by atoms with Crippen molar-refractivity contribution in [1.29, 1.82) is 0 Å². The molecule has 0 spiro atoms. The molecule has 1 fully saturated rings. The van der Waals surface area contributed by atoms with Crippen molar-refractivity contribution < 1.29 is 47.3 Å². The fourth-order valence-corrected chi connectivity index (χ4v) is 4.61. The minimum Gasteiger partial charge on any atom is -0.493 e. The Kier molecular flexibility index (Phi) is 11.6. The highest BCUT2D eigenvalue weighted by atomic mass is 19.1. The van der Waals surface area contributed by atoms with E-state index < -0.39 is 54.8 Å². The molecule has 11 nitrogen and oxygen atoms in total. The third-order valence-corrected chi connectivity index (χ3v) is 6.79. The van der Waals surface area contributed by atoms with Crippen molar-refractivity contribution in [1.82, 2.24) is 10.3 Å². The van der Waals surface area contributed by atoms with E-state index in [2.05, 4.69) is 10.3 Å². The summed E-state index contributed by atoms with van der Waals surface area (Å²) in [6, 6.07) is 6.50. The van der Waals surface area contributed by atoms with E-state index in [1.54, 1.807) is 32.9 Å². The molecular formula is C30H37FN2O9. The zero-order valence-corrected chi connectivity index (χ0v) is 24.4. The Morgan fingerprint density at radius 3 is 2.50 bits per heavy atom. The van der Waals surface area contributed by atoms with E-state index in [-0.39, 0.29) is 35.3 Å². The molecule has 12 heteroatoms. The highest BCUT2D eigenvalue weighted by Crippen LogP contribution is 2.31. The van der Waals surface area contributed by atoms with E-state index in [1.165, 1.54) is 38.4 Å². The second kappa shape index (κ2) is 15.1. The molecule has 0 radical (unpaired) electrons. The van der Waals surface area contributed by atoms with Crippen LogP contribution < -0.4 is 14.8 Å². The molecule has 4 atom stereocenters. The van der Waals surface area contributed by atoms with Crippen molar-refractivity contribution in [2.45, 2.75) is 71.6 Å². The number of hydrogen-bond acceptors (Lipinski definition) is 10. The Balaban J connectivity index is 1.82. The van der Waals surface area contributed by atoms with Crippen LogP contribution in [0.3, 0.4) is 0 Å². The summed E-state index contributed by atoms with van der Waals surface area (Å²) in [6.07, 6.45) is 1.46. The molecule has 0 aliphatic carbocycles. The molecule has 1 amide bonds. The van der Waals surface area contributed by atoms with E-state index in [0.717, 1.165) is 5.56 Å². The summed E-state index contributed by atoms with van der Waals surface area (Å²) in [5.41, 5.74) is 0.667. The number of nitrogens with one attached hydrogen (secondary N) is 1. The molecule has 3 rings (SSSR count). The number of hydrogen-bond donors (Lipinski definition) is 1. The molecule has 228 valence electrons. The summed E-state index contributed by atoms with van der Waals surface area (Å²) in [5.74, 6) is -3.33. The van der Waals surface area contributed by atoms with Crippen molar-refractivity contribution >= 4 is 23.8 Å². The molecule has 1 saturated heterocycles. The van der Waals surface area contributed by atoms with Crippen LogP contribution in [0, 0.1) is 17.7 Å². The Morgan fingerprint density at radius 1 is 1.14 bits per heavy atom. The number of esters is 3. The number of pyridine rings is 1. The van der Waals surface area contributed by atoms with Gasteiger partial charge < -0.3 is 29.0 Å². The Labute approximate surface area is 244 Å². The summed E-state index contributed by atoms with van der Waals surface area (Å²) in [5, 5.41) is 2.67. The number of halogens is 1. The first-order chi connectivity index (χ1) is 20.0. The summed E-state index contributed by atoms with van der Waals surface area (Å²) >= 11 is 0. The maximum Gasteiger partial charge on any atom is 0.329 e.